The first-order valence-electron chi connectivity index (χ1n) is 6.13. The number of nitro groups is 1. The lowest BCUT2D eigenvalue weighted by atomic mass is 10.1. The summed E-state index contributed by atoms with van der Waals surface area (Å²) in [6, 6.07) is 6.11. The maximum atomic E-state index is 11.2. The van der Waals surface area contributed by atoms with Crippen molar-refractivity contribution in [2.24, 2.45) is 0 Å². The van der Waals surface area contributed by atoms with Crippen molar-refractivity contribution in [2.45, 2.75) is 26.3 Å². The van der Waals surface area contributed by atoms with Crippen molar-refractivity contribution in [3.05, 3.63) is 46.1 Å². The molecule has 0 aliphatic rings. The van der Waals surface area contributed by atoms with Crippen LogP contribution in [0.5, 0.6) is 0 Å². The van der Waals surface area contributed by atoms with Crippen molar-refractivity contribution >= 4 is 12.0 Å². The number of benzene rings is 1. The zero-order valence-corrected chi connectivity index (χ0v) is 11.5. The summed E-state index contributed by atoms with van der Waals surface area (Å²) in [5, 5.41) is 15.2. The molecule has 6 heteroatoms. The summed E-state index contributed by atoms with van der Waals surface area (Å²) in [6.45, 7) is 5.89. The molecule has 0 bridgehead atoms. The predicted octanol–water partition coefficient (Wildman–Crippen LogP) is 3.03. The number of aromatic nitrogens is 2. The molecule has 0 fully saturated rings. The van der Waals surface area contributed by atoms with Gasteiger partial charge in [0.15, 0.2) is 6.29 Å². The van der Waals surface area contributed by atoms with Crippen molar-refractivity contribution in [3.63, 3.8) is 0 Å². The number of rotatable bonds is 3. The number of hydrogen-bond acceptors (Lipinski definition) is 4. The molecule has 6 nitrogen and oxygen atoms in total. The normalized spacial score (nSPS) is 11.3. The van der Waals surface area contributed by atoms with Crippen LogP contribution in [0, 0.1) is 10.1 Å². The number of aldehydes is 1. The highest BCUT2D eigenvalue weighted by Crippen LogP contribution is 2.26. The Morgan fingerprint density at radius 1 is 1.35 bits per heavy atom. The summed E-state index contributed by atoms with van der Waals surface area (Å²) < 4.78 is 1.69. The highest BCUT2D eigenvalue weighted by Gasteiger charge is 2.19. The molecule has 0 radical (unpaired) electrons. The van der Waals surface area contributed by atoms with Crippen LogP contribution >= 0.6 is 0 Å². The molecule has 0 spiro atoms. The summed E-state index contributed by atoms with van der Waals surface area (Å²) in [5.74, 6) is 0. The van der Waals surface area contributed by atoms with E-state index in [9.17, 15) is 14.9 Å². The van der Waals surface area contributed by atoms with E-state index in [0.717, 1.165) is 0 Å². The SMILES string of the molecule is CC(C)(C)n1cc(C=O)c(-c2cccc([N+](=O)[O-])c2)n1. The van der Waals surface area contributed by atoms with Crippen LogP contribution in [-0.2, 0) is 5.54 Å². The standard InChI is InChI=1S/C14H15N3O3/c1-14(2,3)16-8-11(9-18)13(15-16)10-5-4-6-12(7-10)17(19)20/h4-9H,1-3H3. The Kier molecular flexibility index (Phi) is 3.40. The van der Waals surface area contributed by atoms with Crippen LogP contribution in [0.1, 0.15) is 31.1 Å². The van der Waals surface area contributed by atoms with E-state index < -0.39 is 4.92 Å². The molecule has 0 atom stereocenters. The van der Waals surface area contributed by atoms with Gasteiger partial charge in [-0.2, -0.15) is 5.10 Å². The van der Waals surface area contributed by atoms with Crippen LogP contribution in [0.4, 0.5) is 5.69 Å². The minimum atomic E-state index is -0.467. The first kappa shape index (κ1) is 13.9. The van der Waals surface area contributed by atoms with Crippen LogP contribution in [0.2, 0.25) is 0 Å². The van der Waals surface area contributed by atoms with Gasteiger partial charge < -0.3 is 0 Å². The second-order valence-electron chi connectivity index (χ2n) is 5.47. The van der Waals surface area contributed by atoms with Crippen LogP contribution < -0.4 is 0 Å². The van der Waals surface area contributed by atoms with Gasteiger partial charge in [-0.3, -0.25) is 19.6 Å². The fourth-order valence-corrected chi connectivity index (χ4v) is 1.81. The van der Waals surface area contributed by atoms with Gasteiger partial charge in [0.1, 0.15) is 5.69 Å². The zero-order chi connectivity index (χ0) is 14.9. The smallest absolute Gasteiger partial charge is 0.270 e. The molecule has 0 N–H and O–H groups in total. The third kappa shape index (κ3) is 2.59. The van der Waals surface area contributed by atoms with E-state index in [2.05, 4.69) is 5.10 Å². The Balaban J connectivity index is 2.57. The van der Waals surface area contributed by atoms with Gasteiger partial charge in [-0.25, -0.2) is 0 Å². The molecule has 0 saturated carbocycles. The third-order valence-electron chi connectivity index (χ3n) is 2.89. The fraction of sp³-hybridized carbons (Fsp3) is 0.286. The minimum absolute atomic E-state index is 0.0235. The van der Waals surface area contributed by atoms with Crippen molar-refractivity contribution in [3.8, 4) is 11.3 Å². The summed E-state index contributed by atoms with van der Waals surface area (Å²) >= 11 is 0. The Morgan fingerprint density at radius 2 is 2.05 bits per heavy atom. The number of carbonyl (C=O) groups is 1. The molecule has 1 heterocycles. The molecule has 0 saturated heterocycles. The third-order valence-corrected chi connectivity index (χ3v) is 2.89. The number of nitrogens with zero attached hydrogens (tertiary/aromatic N) is 3. The molecule has 104 valence electrons. The number of hydrogen-bond donors (Lipinski definition) is 0. The van der Waals surface area contributed by atoms with E-state index in [-0.39, 0.29) is 11.2 Å². The van der Waals surface area contributed by atoms with E-state index in [0.29, 0.717) is 23.1 Å². The van der Waals surface area contributed by atoms with Crippen molar-refractivity contribution in [1.82, 2.24) is 9.78 Å². The Bertz CT molecular complexity index is 669. The van der Waals surface area contributed by atoms with E-state index in [1.165, 1.54) is 12.1 Å². The molecular formula is C14H15N3O3. The Labute approximate surface area is 116 Å². The average molecular weight is 273 g/mol. The van der Waals surface area contributed by atoms with Crippen molar-refractivity contribution in [2.75, 3.05) is 0 Å². The molecule has 0 unspecified atom stereocenters. The molecule has 2 rings (SSSR count). The van der Waals surface area contributed by atoms with Gasteiger partial charge in [0, 0.05) is 23.9 Å². The maximum absolute atomic E-state index is 11.2. The molecule has 0 amide bonds. The van der Waals surface area contributed by atoms with Crippen LogP contribution in [0.25, 0.3) is 11.3 Å². The second-order valence-corrected chi connectivity index (χ2v) is 5.47. The van der Waals surface area contributed by atoms with Crippen LogP contribution in [0.15, 0.2) is 30.5 Å². The molecule has 2 aromatic rings. The summed E-state index contributed by atoms with van der Waals surface area (Å²) in [4.78, 5) is 21.5. The first-order valence-corrected chi connectivity index (χ1v) is 6.13. The minimum Gasteiger partial charge on any atom is -0.298 e. The summed E-state index contributed by atoms with van der Waals surface area (Å²) in [5.41, 5.74) is 1.14. The Hall–Kier alpha value is -2.50. The number of nitro benzene ring substituents is 1. The van der Waals surface area contributed by atoms with Gasteiger partial charge in [-0.15, -0.1) is 0 Å². The molecule has 0 aliphatic carbocycles. The predicted molar refractivity (Wildman–Crippen MR) is 74.7 cm³/mol. The van der Waals surface area contributed by atoms with E-state index >= 15 is 0 Å². The topological polar surface area (TPSA) is 78.0 Å². The maximum Gasteiger partial charge on any atom is 0.270 e. The highest BCUT2D eigenvalue weighted by molar-refractivity contribution is 5.85. The summed E-state index contributed by atoms with van der Waals surface area (Å²) in [6.07, 6.45) is 2.37. The molecule has 0 aliphatic heterocycles. The largest absolute Gasteiger partial charge is 0.298 e. The lowest BCUT2D eigenvalue weighted by molar-refractivity contribution is -0.384. The van der Waals surface area contributed by atoms with Gasteiger partial charge in [0.05, 0.1) is 16.0 Å². The van der Waals surface area contributed by atoms with Crippen molar-refractivity contribution in [1.29, 1.82) is 0 Å². The van der Waals surface area contributed by atoms with E-state index in [4.69, 9.17) is 0 Å². The lowest BCUT2D eigenvalue weighted by Gasteiger charge is -2.18. The fourth-order valence-electron chi connectivity index (χ4n) is 1.81. The van der Waals surface area contributed by atoms with Gasteiger partial charge >= 0.3 is 0 Å². The zero-order valence-electron chi connectivity index (χ0n) is 11.5. The highest BCUT2D eigenvalue weighted by atomic mass is 16.6. The second kappa shape index (κ2) is 4.88. The molecule has 1 aromatic heterocycles. The van der Waals surface area contributed by atoms with Crippen molar-refractivity contribution < 1.29 is 9.72 Å². The molecule has 20 heavy (non-hydrogen) atoms. The number of carbonyl (C=O) groups excluding carboxylic acids is 1. The van der Waals surface area contributed by atoms with E-state index in [1.807, 2.05) is 20.8 Å². The lowest BCUT2D eigenvalue weighted by Crippen LogP contribution is -2.22. The number of non-ortho nitro benzene ring substituents is 1. The van der Waals surface area contributed by atoms with Crippen LogP contribution in [0.3, 0.4) is 0 Å². The monoisotopic (exact) mass is 273 g/mol. The van der Waals surface area contributed by atoms with Gasteiger partial charge in [0.2, 0.25) is 0 Å². The summed E-state index contributed by atoms with van der Waals surface area (Å²) in [7, 11) is 0. The Morgan fingerprint density at radius 3 is 2.60 bits per heavy atom. The quantitative estimate of drug-likeness (QED) is 0.489. The van der Waals surface area contributed by atoms with Gasteiger partial charge in [-0.1, -0.05) is 12.1 Å². The van der Waals surface area contributed by atoms with Gasteiger partial charge in [-0.05, 0) is 20.8 Å². The molecular weight excluding hydrogens is 258 g/mol. The molecule has 1 aromatic carbocycles. The average Bonchev–Trinajstić information content (AvgIpc) is 2.82. The van der Waals surface area contributed by atoms with E-state index in [1.54, 1.807) is 23.0 Å². The van der Waals surface area contributed by atoms with Crippen LogP contribution in [-0.4, -0.2) is 21.0 Å². The van der Waals surface area contributed by atoms with Gasteiger partial charge in [0.25, 0.3) is 5.69 Å². The first-order chi connectivity index (χ1) is 9.32.